The molecule has 6 aromatic carbocycles. The van der Waals surface area contributed by atoms with Crippen molar-refractivity contribution in [1.29, 1.82) is 0 Å². The van der Waals surface area contributed by atoms with E-state index in [9.17, 15) is 0 Å². The Hall–Kier alpha value is -8.36. The minimum atomic E-state index is -0.342. The molecular formula is C78H97N7. The number of hydrogen-bond acceptors (Lipinski definition) is 5. The average molecular weight is 1130 g/mol. The molecule has 0 fully saturated rings. The lowest BCUT2D eigenvalue weighted by atomic mass is 9.84. The van der Waals surface area contributed by atoms with E-state index in [4.69, 9.17) is 10.7 Å². The Morgan fingerprint density at radius 2 is 1.33 bits per heavy atom. The Morgan fingerprint density at radius 3 is 1.91 bits per heavy atom. The second-order valence-electron chi connectivity index (χ2n) is 20.0. The van der Waals surface area contributed by atoms with Crippen LogP contribution in [0.1, 0.15) is 160 Å². The lowest BCUT2D eigenvalue weighted by Gasteiger charge is -2.33. The van der Waals surface area contributed by atoms with Crippen molar-refractivity contribution in [2.24, 2.45) is 15.7 Å². The molecule has 85 heavy (non-hydrogen) atoms. The molecule has 7 nitrogen and oxygen atoms in total. The number of aromatic nitrogens is 1. The standard InChI is InChI=1S/C54H51N5.C9H12N2.C5H8.C4H8.3C2H6/c1-3-37-23-30-50-46(33-37)48-35-42(27-32-52(48)58(50)43-19-11-6-12-20-43)41-26-31-51-47(34-41)45-21-13-14-22-49(45)59(51)44-28-24-40(25-29-44)54(56-36(2)38-15-7-4-8-16-38)57-53(55)39-17-9-5-10-18-39;1-10-9(11-2)8-6-4-3-5-7-8;1-3-5-4-2;1-3-4-2;3*1-2/h4-5,7-11,13-29,31,34-36,52,54,56H,3,6,12,30,32-33H2,1-2H3,(H2,55,57);3-7,9,11H,1H2,2H3;3-5H,1H2,2H3;3H,1,4H2,2H3;3*1-2H3/b;;5-4-;;;;. The fraction of sp³-hybridized carbons (Fsp3) is 0.282. The number of hydrogen-bond donors (Lipinski definition) is 3. The highest BCUT2D eigenvalue weighted by atomic mass is 15.2. The van der Waals surface area contributed by atoms with Gasteiger partial charge >= 0.3 is 0 Å². The number of nitrogens with zero attached hydrogens (tertiary/aromatic N) is 4. The molecule has 0 spiro atoms. The molecule has 4 unspecified atom stereocenters. The van der Waals surface area contributed by atoms with E-state index in [1.165, 1.54) is 55.5 Å². The molecule has 444 valence electrons. The van der Waals surface area contributed by atoms with Gasteiger partial charge in [0.2, 0.25) is 0 Å². The maximum absolute atomic E-state index is 6.63. The van der Waals surface area contributed by atoms with Gasteiger partial charge in [0, 0.05) is 45.9 Å². The number of nitrogens with two attached hydrogens (primary N) is 1. The lowest BCUT2D eigenvalue weighted by Crippen LogP contribution is -2.31. The number of para-hydroxylation sites is 1. The molecule has 3 aliphatic carbocycles. The van der Waals surface area contributed by atoms with Gasteiger partial charge in [-0.05, 0) is 148 Å². The molecule has 0 amide bonds. The molecule has 7 heteroatoms. The summed E-state index contributed by atoms with van der Waals surface area (Å²) in [5, 5.41) is 9.31. The first-order chi connectivity index (χ1) is 41.7. The first-order valence-corrected chi connectivity index (χ1v) is 31.1. The number of aliphatic imine (C=N–C) groups is 2. The Morgan fingerprint density at radius 1 is 0.718 bits per heavy atom. The second kappa shape index (κ2) is 36.4. The first-order valence-electron chi connectivity index (χ1n) is 31.1. The van der Waals surface area contributed by atoms with Gasteiger partial charge in [-0.15, -0.1) is 6.58 Å². The van der Waals surface area contributed by atoms with Crippen LogP contribution < -0.4 is 16.4 Å². The largest absolute Gasteiger partial charge is 0.383 e. The Kier molecular flexibility index (Phi) is 28.9. The van der Waals surface area contributed by atoms with Gasteiger partial charge in [-0.25, -0.2) is 4.99 Å². The maximum Gasteiger partial charge on any atom is 0.128 e. The normalized spacial score (nSPS) is 15.8. The molecule has 1 aliphatic heterocycles. The zero-order valence-electron chi connectivity index (χ0n) is 53.0. The fourth-order valence-electron chi connectivity index (χ4n) is 10.7. The predicted octanol–water partition coefficient (Wildman–Crippen LogP) is 20.6. The van der Waals surface area contributed by atoms with E-state index in [0.29, 0.717) is 11.9 Å². The third kappa shape index (κ3) is 17.6. The smallest absolute Gasteiger partial charge is 0.128 e. The van der Waals surface area contributed by atoms with Crippen molar-refractivity contribution < 1.29 is 0 Å². The molecule has 2 heterocycles. The van der Waals surface area contributed by atoms with Gasteiger partial charge in [-0.1, -0.05) is 244 Å². The summed E-state index contributed by atoms with van der Waals surface area (Å²) in [6.45, 7) is 30.9. The van der Waals surface area contributed by atoms with Crippen molar-refractivity contribution in [3.05, 3.63) is 288 Å². The molecule has 7 aromatic rings. The average Bonchev–Trinajstić information content (AvgIpc) is 2.10. The van der Waals surface area contributed by atoms with Crippen LogP contribution in [0, 0.1) is 0 Å². The first kappa shape index (κ1) is 67.4. The van der Waals surface area contributed by atoms with E-state index in [1.54, 1.807) is 17.2 Å². The number of amidine groups is 1. The van der Waals surface area contributed by atoms with E-state index >= 15 is 0 Å². The highest BCUT2D eigenvalue weighted by molar-refractivity contribution is 6.10. The molecule has 0 saturated carbocycles. The summed E-state index contributed by atoms with van der Waals surface area (Å²) >= 11 is 0. The SMILES string of the molecule is C=C/C=C\C.C=CCC.C=NC(NC)c1ccccc1.CC.CC.CC.CCC1=CCC2=C(C1)C1=CC(c3ccc4c(c3)c3ccccc3n4-c3ccc(C(/N=C(\N)c4ccccc4)NC(C)c4ccccc4)cc3)=CCC1N2C1=CCCC=C1. The second-order valence-corrected chi connectivity index (χ2v) is 20.0. The van der Waals surface area contributed by atoms with Gasteiger partial charge in [0.05, 0.1) is 17.1 Å². The number of fused-ring (bicyclic) bond motifs is 5. The minimum Gasteiger partial charge on any atom is -0.383 e. The van der Waals surface area contributed by atoms with E-state index < -0.39 is 0 Å². The molecule has 4 aliphatic rings. The van der Waals surface area contributed by atoms with Crippen LogP contribution in [0.3, 0.4) is 0 Å². The predicted molar refractivity (Wildman–Crippen MR) is 373 cm³/mol. The van der Waals surface area contributed by atoms with Crippen molar-refractivity contribution >= 4 is 39.9 Å². The molecule has 1 aromatic heterocycles. The van der Waals surface area contributed by atoms with Crippen molar-refractivity contribution in [2.45, 2.75) is 139 Å². The molecule has 0 radical (unpaired) electrons. The monoisotopic (exact) mass is 1130 g/mol. The van der Waals surface area contributed by atoms with Crippen molar-refractivity contribution in [3.8, 4) is 5.69 Å². The molecule has 0 saturated heterocycles. The fourth-order valence-corrected chi connectivity index (χ4v) is 10.7. The highest BCUT2D eigenvalue weighted by Crippen LogP contribution is 2.49. The van der Waals surface area contributed by atoms with Crippen LogP contribution in [0.5, 0.6) is 0 Å². The molecular weight excluding hydrogens is 1030 g/mol. The van der Waals surface area contributed by atoms with Gasteiger partial charge in [0.15, 0.2) is 0 Å². The lowest BCUT2D eigenvalue weighted by molar-refractivity contribution is 0.376. The third-order valence-corrected chi connectivity index (χ3v) is 14.9. The van der Waals surface area contributed by atoms with Gasteiger partial charge in [-0.3, -0.25) is 15.6 Å². The van der Waals surface area contributed by atoms with Crippen molar-refractivity contribution in [3.63, 3.8) is 0 Å². The van der Waals surface area contributed by atoms with Gasteiger partial charge < -0.3 is 15.2 Å². The van der Waals surface area contributed by atoms with Crippen molar-refractivity contribution in [2.75, 3.05) is 7.05 Å². The summed E-state index contributed by atoms with van der Waals surface area (Å²) in [6, 6.07) is 55.6. The molecule has 0 bridgehead atoms. The summed E-state index contributed by atoms with van der Waals surface area (Å²) < 4.78 is 2.40. The minimum absolute atomic E-state index is 0.0243. The van der Waals surface area contributed by atoms with Gasteiger partial charge in [0.25, 0.3) is 0 Å². The van der Waals surface area contributed by atoms with Crippen molar-refractivity contribution in [1.82, 2.24) is 20.1 Å². The zero-order valence-corrected chi connectivity index (χ0v) is 53.0. The Labute approximate surface area is 512 Å². The number of nitrogens with one attached hydrogen (secondary N) is 2. The van der Waals surface area contributed by atoms with Crippen LogP contribution in [0.4, 0.5) is 0 Å². The van der Waals surface area contributed by atoms with Crippen LogP contribution in [0.25, 0.3) is 33.1 Å². The van der Waals surface area contributed by atoms with E-state index in [2.05, 4.69) is 193 Å². The topological polar surface area (TPSA) is 83.0 Å². The van der Waals surface area contributed by atoms with E-state index in [-0.39, 0.29) is 18.4 Å². The van der Waals surface area contributed by atoms with Crippen LogP contribution >= 0.6 is 0 Å². The Bertz CT molecular complexity index is 3440. The van der Waals surface area contributed by atoms with Crippen LogP contribution in [-0.2, 0) is 0 Å². The van der Waals surface area contributed by atoms with E-state index in [1.807, 2.05) is 140 Å². The summed E-state index contributed by atoms with van der Waals surface area (Å²) in [4.78, 5) is 11.6. The summed E-state index contributed by atoms with van der Waals surface area (Å²) in [5.41, 5.74) is 24.6. The molecule has 11 rings (SSSR count). The van der Waals surface area contributed by atoms with E-state index in [0.717, 1.165) is 67.3 Å². The summed E-state index contributed by atoms with van der Waals surface area (Å²) in [7, 11) is 1.87. The van der Waals surface area contributed by atoms with Gasteiger partial charge in [0.1, 0.15) is 18.2 Å². The number of rotatable bonds is 15. The summed E-state index contributed by atoms with van der Waals surface area (Å²) in [5.74, 6) is 0.507. The maximum atomic E-state index is 6.63. The van der Waals surface area contributed by atoms with Gasteiger partial charge in [-0.2, -0.15) is 0 Å². The Balaban J connectivity index is 0.000000428. The third-order valence-electron chi connectivity index (χ3n) is 14.9. The van der Waals surface area contributed by atoms with Crippen LogP contribution in [0.2, 0.25) is 0 Å². The molecule has 4 atom stereocenters. The van der Waals surface area contributed by atoms with Crippen LogP contribution in [-0.4, -0.2) is 35.1 Å². The number of allylic oxidation sites excluding steroid dienone is 11. The highest BCUT2D eigenvalue weighted by Gasteiger charge is 2.39. The zero-order chi connectivity index (χ0) is 61.5. The number of benzene rings is 6. The quantitative estimate of drug-likeness (QED) is 0.0413. The van der Waals surface area contributed by atoms with Crippen LogP contribution in [0.15, 0.2) is 270 Å². The summed E-state index contributed by atoms with van der Waals surface area (Å²) in [6.07, 6.45) is 29.3. The molecule has 4 N–H and O–H groups in total.